The second kappa shape index (κ2) is 9.70. The molecule has 3 rings (SSSR count). The van der Waals surface area contributed by atoms with E-state index in [2.05, 4.69) is 10.3 Å². The highest BCUT2D eigenvalue weighted by atomic mass is 16.2. The van der Waals surface area contributed by atoms with Gasteiger partial charge in [0.05, 0.1) is 0 Å². The molecular formula is C21H31N3O2. The summed E-state index contributed by atoms with van der Waals surface area (Å²) in [4.78, 5) is 30.4. The van der Waals surface area contributed by atoms with Gasteiger partial charge in [-0.2, -0.15) is 0 Å². The molecule has 1 aliphatic heterocycles. The standard InChI is InChI=1S/C21H31N3O2/c25-20(7-6-17-4-2-1-3-5-17)23-16-18-10-14-24(15-11-18)21(26)19-8-12-22-13-9-19/h8-9,12-13,17-18H,1-7,10-11,14-16H2,(H,23,25). The van der Waals surface area contributed by atoms with E-state index < -0.39 is 0 Å². The lowest BCUT2D eigenvalue weighted by Crippen LogP contribution is -2.41. The van der Waals surface area contributed by atoms with Gasteiger partial charge < -0.3 is 10.2 Å². The number of nitrogens with zero attached hydrogens (tertiary/aromatic N) is 2. The summed E-state index contributed by atoms with van der Waals surface area (Å²) in [5.41, 5.74) is 0.703. The first-order valence-electron chi connectivity index (χ1n) is 10.2. The number of amides is 2. The van der Waals surface area contributed by atoms with E-state index in [0.717, 1.165) is 44.8 Å². The third-order valence-electron chi connectivity index (χ3n) is 5.92. The van der Waals surface area contributed by atoms with Crippen LogP contribution in [0.4, 0.5) is 0 Å². The molecule has 1 aliphatic carbocycles. The van der Waals surface area contributed by atoms with E-state index in [9.17, 15) is 9.59 Å². The lowest BCUT2D eigenvalue weighted by atomic mass is 9.86. The van der Waals surface area contributed by atoms with Crippen molar-refractivity contribution in [3.8, 4) is 0 Å². The van der Waals surface area contributed by atoms with Gasteiger partial charge in [0, 0.05) is 44.0 Å². The fraction of sp³-hybridized carbons (Fsp3) is 0.667. The van der Waals surface area contributed by atoms with Crippen LogP contribution in [0.2, 0.25) is 0 Å². The van der Waals surface area contributed by atoms with Gasteiger partial charge in [-0.3, -0.25) is 14.6 Å². The van der Waals surface area contributed by atoms with Crippen LogP contribution in [-0.2, 0) is 4.79 Å². The maximum Gasteiger partial charge on any atom is 0.253 e. The van der Waals surface area contributed by atoms with Crippen LogP contribution in [0.3, 0.4) is 0 Å². The fourth-order valence-corrected chi connectivity index (χ4v) is 4.17. The largest absolute Gasteiger partial charge is 0.356 e. The van der Waals surface area contributed by atoms with Crippen molar-refractivity contribution in [2.45, 2.75) is 57.8 Å². The fourth-order valence-electron chi connectivity index (χ4n) is 4.17. The number of pyridine rings is 1. The molecular weight excluding hydrogens is 326 g/mol. The second-order valence-electron chi connectivity index (χ2n) is 7.82. The summed E-state index contributed by atoms with van der Waals surface area (Å²) in [6.45, 7) is 2.29. The molecule has 26 heavy (non-hydrogen) atoms. The Morgan fingerprint density at radius 3 is 2.38 bits per heavy atom. The number of likely N-dealkylation sites (tertiary alicyclic amines) is 1. The second-order valence-corrected chi connectivity index (χ2v) is 7.82. The van der Waals surface area contributed by atoms with Gasteiger partial charge in [-0.15, -0.1) is 0 Å². The van der Waals surface area contributed by atoms with Crippen molar-refractivity contribution in [1.29, 1.82) is 0 Å². The summed E-state index contributed by atoms with van der Waals surface area (Å²) >= 11 is 0. The molecule has 2 fully saturated rings. The smallest absolute Gasteiger partial charge is 0.253 e. The SMILES string of the molecule is O=C(CCC1CCCCC1)NCC1CCN(C(=O)c2ccncc2)CC1. The number of hydrogen-bond donors (Lipinski definition) is 1. The van der Waals surface area contributed by atoms with Crippen LogP contribution >= 0.6 is 0 Å². The van der Waals surface area contributed by atoms with Crippen LogP contribution in [-0.4, -0.2) is 41.3 Å². The molecule has 2 heterocycles. The van der Waals surface area contributed by atoms with Crippen molar-refractivity contribution < 1.29 is 9.59 Å². The van der Waals surface area contributed by atoms with E-state index in [1.54, 1.807) is 24.5 Å². The summed E-state index contributed by atoms with van der Waals surface area (Å²) in [5, 5.41) is 3.12. The first-order chi connectivity index (χ1) is 12.7. The van der Waals surface area contributed by atoms with Gasteiger partial charge in [0.2, 0.25) is 5.91 Å². The minimum Gasteiger partial charge on any atom is -0.356 e. The van der Waals surface area contributed by atoms with E-state index in [4.69, 9.17) is 0 Å². The summed E-state index contributed by atoms with van der Waals surface area (Å²) in [6.07, 6.45) is 13.6. The van der Waals surface area contributed by atoms with Crippen LogP contribution in [0.25, 0.3) is 0 Å². The Balaban J connectivity index is 1.32. The van der Waals surface area contributed by atoms with Gasteiger partial charge in [0.1, 0.15) is 0 Å². The van der Waals surface area contributed by atoms with Crippen molar-refractivity contribution in [1.82, 2.24) is 15.2 Å². The van der Waals surface area contributed by atoms with Crippen molar-refractivity contribution in [3.05, 3.63) is 30.1 Å². The van der Waals surface area contributed by atoms with Crippen molar-refractivity contribution in [2.75, 3.05) is 19.6 Å². The minimum atomic E-state index is 0.0855. The number of piperidine rings is 1. The molecule has 2 aliphatic rings. The minimum absolute atomic E-state index is 0.0855. The van der Waals surface area contributed by atoms with Gasteiger partial charge in [0.15, 0.2) is 0 Å². The van der Waals surface area contributed by atoms with Crippen LogP contribution in [0.1, 0.15) is 68.1 Å². The highest BCUT2D eigenvalue weighted by Crippen LogP contribution is 2.27. The molecule has 142 valence electrons. The average molecular weight is 357 g/mol. The van der Waals surface area contributed by atoms with Crippen LogP contribution in [0.15, 0.2) is 24.5 Å². The van der Waals surface area contributed by atoms with E-state index in [-0.39, 0.29) is 11.8 Å². The normalized spacial score (nSPS) is 19.3. The van der Waals surface area contributed by atoms with E-state index in [1.807, 2.05) is 4.90 Å². The zero-order valence-electron chi connectivity index (χ0n) is 15.7. The summed E-state index contributed by atoms with van der Waals surface area (Å²) in [5.74, 6) is 1.53. The molecule has 1 saturated carbocycles. The quantitative estimate of drug-likeness (QED) is 0.849. The molecule has 1 N–H and O–H groups in total. The molecule has 0 bridgehead atoms. The molecule has 1 aromatic heterocycles. The van der Waals surface area contributed by atoms with Crippen LogP contribution in [0.5, 0.6) is 0 Å². The summed E-state index contributed by atoms with van der Waals surface area (Å²) in [6, 6.07) is 3.53. The lowest BCUT2D eigenvalue weighted by molar-refractivity contribution is -0.121. The number of carbonyl (C=O) groups excluding carboxylic acids is 2. The zero-order chi connectivity index (χ0) is 18.2. The third-order valence-corrected chi connectivity index (χ3v) is 5.92. The highest BCUT2D eigenvalue weighted by Gasteiger charge is 2.24. The van der Waals surface area contributed by atoms with Gasteiger partial charge in [-0.25, -0.2) is 0 Å². The molecule has 0 unspecified atom stereocenters. The first-order valence-corrected chi connectivity index (χ1v) is 10.2. The number of nitrogens with one attached hydrogen (secondary N) is 1. The first kappa shape index (κ1) is 18.9. The monoisotopic (exact) mass is 357 g/mol. The molecule has 0 radical (unpaired) electrons. The third kappa shape index (κ3) is 5.55. The number of rotatable bonds is 6. The number of aromatic nitrogens is 1. The number of carbonyl (C=O) groups is 2. The Hall–Kier alpha value is -1.91. The van der Waals surface area contributed by atoms with Crippen LogP contribution < -0.4 is 5.32 Å². The molecule has 5 heteroatoms. The predicted octanol–water partition coefficient (Wildman–Crippen LogP) is 3.41. The molecule has 0 aromatic carbocycles. The van der Waals surface area contributed by atoms with Gasteiger partial charge >= 0.3 is 0 Å². The molecule has 1 aromatic rings. The van der Waals surface area contributed by atoms with Crippen molar-refractivity contribution in [3.63, 3.8) is 0 Å². The molecule has 5 nitrogen and oxygen atoms in total. The van der Waals surface area contributed by atoms with Gasteiger partial charge in [-0.05, 0) is 43.2 Å². The average Bonchev–Trinajstić information content (AvgIpc) is 2.72. The van der Waals surface area contributed by atoms with Gasteiger partial charge in [-0.1, -0.05) is 32.1 Å². The molecule has 0 spiro atoms. The topological polar surface area (TPSA) is 62.3 Å². The van der Waals surface area contributed by atoms with E-state index in [0.29, 0.717) is 17.9 Å². The predicted molar refractivity (Wildman–Crippen MR) is 102 cm³/mol. The summed E-state index contributed by atoms with van der Waals surface area (Å²) in [7, 11) is 0. The van der Waals surface area contributed by atoms with Crippen molar-refractivity contribution >= 4 is 11.8 Å². The summed E-state index contributed by atoms with van der Waals surface area (Å²) < 4.78 is 0. The maximum absolute atomic E-state index is 12.4. The highest BCUT2D eigenvalue weighted by molar-refractivity contribution is 5.94. The number of hydrogen-bond acceptors (Lipinski definition) is 3. The molecule has 1 saturated heterocycles. The van der Waals surface area contributed by atoms with Gasteiger partial charge in [0.25, 0.3) is 5.91 Å². The molecule has 0 atom stereocenters. The van der Waals surface area contributed by atoms with E-state index in [1.165, 1.54) is 32.1 Å². The van der Waals surface area contributed by atoms with Crippen LogP contribution in [0, 0.1) is 11.8 Å². The lowest BCUT2D eigenvalue weighted by Gasteiger charge is -2.32. The Bertz CT molecular complexity index is 576. The van der Waals surface area contributed by atoms with Crippen molar-refractivity contribution in [2.24, 2.45) is 11.8 Å². The Morgan fingerprint density at radius 2 is 1.69 bits per heavy atom. The molecule has 2 amide bonds. The maximum atomic E-state index is 12.4. The Morgan fingerprint density at radius 1 is 1.00 bits per heavy atom. The Kier molecular flexibility index (Phi) is 7.04. The Labute approximate surface area is 156 Å². The zero-order valence-corrected chi connectivity index (χ0v) is 15.7. The van der Waals surface area contributed by atoms with E-state index >= 15 is 0 Å².